The molecule has 1 saturated heterocycles. The number of esters is 1. The molecule has 0 radical (unpaired) electrons. The molecule has 0 aliphatic carbocycles. The lowest BCUT2D eigenvalue weighted by atomic mass is 9.97. The SMILES string of the molecule is CCOC(=O)[C@@H]1CCCN(C(=O)c2ccc3c(c2)sc2nc(-c4ccc(CC)cc4)cn23)C1. The molecule has 0 unspecified atom stereocenters. The maximum absolute atomic E-state index is 13.2. The van der Waals surface area contributed by atoms with Crippen molar-refractivity contribution in [1.29, 1.82) is 0 Å². The van der Waals surface area contributed by atoms with Crippen LogP contribution < -0.4 is 0 Å². The van der Waals surface area contributed by atoms with Gasteiger partial charge in [0.15, 0.2) is 4.96 Å². The normalized spacial score (nSPS) is 16.4. The van der Waals surface area contributed by atoms with E-state index in [1.165, 1.54) is 5.56 Å². The Hall–Kier alpha value is -3.19. The van der Waals surface area contributed by atoms with Crippen molar-refractivity contribution >= 4 is 38.4 Å². The molecule has 1 aliphatic rings. The van der Waals surface area contributed by atoms with E-state index >= 15 is 0 Å². The first kappa shape index (κ1) is 21.6. The number of aromatic nitrogens is 2. The predicted octanol–water partition coefficient (Wildman–Crippen LogP) is 5.19. The van der Waals surface area contributed by atoms with Crippen LogP contribution in [0.2, 0.25) is 0 Å². The highest BCUT2D eigenvalue weighted by molar-refractivity contribution is 7.23. The fourth-order valence-electron chi connectivity index (χ4n) is 4.48. The first-order chi connectivity index (χ1) is 16.1. The number of amides is 1. The first-order valence-corrected chi connectivity index (χ1v) is 12.4. The van der Waals surface area contributed by atoms with Gasteiger partial charge in [0.1, 0.15) is 0 Å². The fraction of sp³-hybridized carbons (Fsp3) is 0.346. The third kappa shape index (κ3) is 4.13. The van der Waals surface area contributed by atoms with Gasteiger partial charge in [0.25, 0.3) is 5.91 Å². The molecule has 4 aromatic rings. The summed E-state index contributed by atoms with van der Waals surface area (Å²) in [6.07, 6.45) is 4.66. The summed E-state index contributed by atoms with van der Waals surface area (Å²) in [6.45, 7) is 5.41. The number of fused-ring (bicyclic) bond motifs is 3. The number of thiazole rings is 1. The molecule has 7 heteroatoms. The second kappa shape index (κ2) is 8.98. The minimum Gasteiger partial charge on any atom is -0.466 e. The minimum atomic E-state index is -0.235. The number of aryl methyl sites for hydroxylation is 1. The molecule has 0 spiro atoms. The van der Waals surface area contributed by atoms with E-state index in [2.05, 4.69) is 41.8 Å². The van der Waals surface area contributed by atoms with Crippen molar-refractivity contribution in [2.45, 2.75) is 33.1 Å². The molecule has 1 aliphatic heterocycles. The molecule has 1 atom stereocenters. The van der Waals surface area contributed by atoms with Gasteiger partial charge in [-0.05, 0) is 49.9 Å². The highest BCUT2D eigenvalue weighted by Crippen LogP contribution is 2.31. The number of piperidine rings is 1. The lowest BCUT2D eigenvalue weighted by Crippen LogP contribution is -2.42. The first-order valence-electron chi connectivity index (χ1n) is 11.5. The van der Waals surface area contributed by atoms with Crippen LogP contribution in [-0.4, -0.2) is 45.9 Å². The van der Waals surface area contributed by atoms with E-state index in [-0.39, 0.29) is 17.8 Å². The number of carbonyl (C=O) groups excluding carboxylic acids is 2. The second-order valence-corrected chi connectivity index (χ2v) is 9.47. The molecular weight excluding hydrogens is 434 g/mol. The maximum Gasteiger partial charge on any atom is 0.310 e. The van der Waals surface area contributed by atoms with E-state index in [1.54, 1.807) is 16.2 Å². The Kier molecular flexibility index (Phi) is 5.89. The summed E-state index contributed by atoms with van der Waals surface area (Å²) >= 11 is 1.58. The van der Waals surface area contributed by atoms with Crippen molar-refractivity contribution < 1.29 is 14.3 Å². The van der Waals surface area contributed by atoms with Gasteiger partial charge in [-0.15, -0.1) is 0 Å². The Morgan fingerprint density at radius 3 is 2.73 bits per heavy atom. The minimum absolute atomic E-state index is 0.0337. The Labute approximate surface area is 196 Å². The highest BCUT2D eigenvalue weighted by Gasteiger charge is 2.30. The number of likely N-dealkylation sites (tertiary alicyclic amines) is 1. The van der Waals surface area contributed by atoms with E-state index in [0.717, 1.165) is 45.7 Å². The van der Waals surface area contributed by atoms with E-state index in [0.29, 0.717) is 25.3 Å². The van der Waals surface area contributed by atoms with Crippen molar-refractivity contribution in [3.8, 4) is 11.3 Å². The molecule has 5 rings (SSSR count). The van der Waals surface area contributed by atoms with Gasteiger partial charge in [0, 0.05) is 30.4 Å². The highest BCUT2D eigenvalue weighted by atomic mass is 32.1. The Morgan fingerprint density at radius 1 is 1.15 bits per heavy atom. The molecule has 3 heterocycles. The number of imidazole rings is 1. The van der Waals surface area contributed by atoms with E-state index in [9.17, 15) is 9.59 Å². The van der Waals surface area contributed by atoms with Crippen LogP contribution in [0.5, 0.6) is 0 Å². The average molecular weight is 462 g/mol. The van der Waals surface area contributed by atoms with Crippen LogP contribution in [0.4, 0.5) is 0 Å². The number of hydrogen-bond donors (Lipinski definition) is 0. The van der Waals surface area contributed by atoms with Crippen molar-refractivity contribution in [3.63, 3.8) is 0 Å². The van der Waals surface area contributed by atoms with Crippen LogP contribution >= 0.6 is 11.3 Å². The Bertz CT molecular complexity index is 1320. The van der Waals surface area contributed by atoms with Gasteiger partial charge < -0.3 is 9.64 Å². The zero-order valence-corrected chi connectivity index (χ0v) is 19.7. The van der Waals surface area contributed by atoms with Crippen LogP contribution in [0.3, 0.4) is 0 Å². The van der Waals surface area contributed by atoms with Gasteiger partial charge in [-0.3, -0.25) is 14.0 Å². The summed E-state index contributed by atoms with van der Waals surface area (Å²) in [4.78, 5) is 32.8. The molecule has 170 valence electrons. The van der Waals surface area contributed by atoms with Gasteiger partial charge in [0.2, 0.25) is 0 Å². The van der Waals surface area contributed by atoms with Gasteiger partial charge in [-0.2, -0.15) is 0 Å². The average Bonchev–Trinajstić information content (AvgIpc) is 3.41. The van der Waals surface area contributed by atoms with Crippen molar-refractivity contribution in [3.05, 3.63) is 59.8 Å². The van der Waals surface area contributed by atoms with Gasteiger partial charge in [-0.25, -0.2) is 4.98 Å². The standard InChI is InChI=1S/C26H27N3O3S/c1-3-17-7-9-18(10-8-17)21-16-29-22-12-11-19(14-23(22)33-26(29)27-21)24(30)28-13-5-6-20(15-28)25(31)32-4-2/h7-12,14,16,20H,3-6,13,15H2,1-2H3/t20-/m1/s1. The molecule has 0 bridgehead atoms. The second-order valence-electron chi connectivity index (χ2n) is 8.46. The van der Waals surface area contributed by atoms with E-state index in [1.807, 2.05) is 25.1 Å². The number of rotatable bonds is 5. The van der Waals surface area contributed by atoms with Crippen LogP contribution in [0.25, 0.3) is 26.4 Å². The summed E-state index contributed by atoms with van der Waals surface area (Å²) in [5, 5.41) is 0. The van der Waals surface area contributed by atoms with Gasteiger partial charge in [0.05, 0.1) is 28.4 Å². The summed E-state index contributed by atoms with van der Waals surface area (Å²) < 4.78 is 8.28. The topological polar surface area (TPSA) is 63.9 Å². The summed E-state index contributed by atoms with van der Waals surface area (Å²) in [5.41, 5.74) is 5.05. The maximum atomic E-state index is 13.2. The quantitative estimate of drug-likeness (QED) is 0.384. The zero-order chi connectivity index (χ0) is 22.9. The molecule has 1 fully saturated rings. The monoisotopic (exact) mass is 461 g/mol. The number of benzene rings is 2. The van der Waals surface area contributed by atoms with Gasteiger partial charge >= 0.3 is 5.97 Å². The molecule has 2 aromatic heterocycles. The zero-order valence-electron chi connectivity index (χ0n) is 18.9. The third-order valence-electron chi connectivity index (χ3n) is 6.33. The lowest BCUT2D eigenvalue weighted by Gasteiger charge is -2.31. The van der Waals surface area contributed by atoms with Crippen LogP contribution in [0.15, 0.2) is 48.7 Å². The van der Waals surface area contributed by atoms with Crippen LogP contribution in [-0.2, 0) is 16.0 Å². The molecule has 6 nitrogen and oxygen atoms in total. The molecular formula is C26H27N3O3S. The summed E-state index contributed by atoms with van der Waals surface area (Å²) in [6, 6.07) is 14.3. The molecule has 1 amide bonds. The molecule has 33 heavy (non-hydrogen) atoms. The van der Waals surface area contributed by atoms with E-state index < -0.39 is 0 Å². The van der Waals surface area contributed by atoms with Crippen LogP contribution in [0.1, 0.15) is 42.6 Å². The van der Waals surface area contributed by atoms with E-state index in [4.69, 9.17) is 9.72 Å². The number of nitrogens with zero attached hydrogens (tertiary/aromatic N) is 3. The van der Waals surface area contributed by atoms with Crippen molar-refractivity contribution in [1.82, 2.24) is 14.3 Å². The molecule has 0 saturated carbocycles. The Balaban J connectivity index is 1.39. The number of carbonyl (C=O) groups is 2. The lowest BCUT2D eigenvalue weighted by molar-refractivity contribution is -0.149. The largest absolute Gasteiger partial charge is 0.466 e. The summed E-state index contributed by atoms with van der Waals surface area (Å²) in [5.74, 6) is -0.472. The number of ether oxygens (including phenoxy) is 1. The Morgan fingerprint density at radius 2 is 1.97 bits per heavy atom. The fourth-order valence-corrected chi connectivity index (χ4v) is 5.53. The molecule has 2 aromatic carbocycles. The van der Waals surface area contributed by atoms with Crippen LogP contribution in [0, 0.1) is 5.92 Å². The smallest absolute Gasteiger partial charge is 0.310 e. The predicted molar refractivity (Wildman–Crippen MR) is 131 cm³/mol. The third-order valence-corrected chi connectivity index (χ3v) is 7.35. The van der Waals surface area contributed by atoms with Crippen molar-refractivity contribution in [2.75, 3.05) is 19.7 Å². The summed E-state index contributed by atoms with van der Waals surface area (Å²) in [7, 11) is 0. The molecule has 0 N–H and O–H groups in total. The number of hydrogen-bond acceptors (Lipinski definition) is 5. The van der Waals surface area contributed by atoms with Gasteiger partial charge in [-0.1, -0.05) is 42.5 Å². The van der Waals surface area contributed by atoms with Crippen molar-refractivity contribution in [2.24, 2.45) is 5.92 Å².